The Hall–Kier alpha value is -0.120. The van der Waals surface area contributed by atoms with E-state index in [0.29, 0.717) is 11.5 Å². The molecule has 0 aromatic rings. The van der Waals surface area contributed by atoms with Crippen LogP contribution in [0.4, 0.5) is 0 Å². The van der Waals surface area contributed by atoms with Crippen LogP contribution in [0.1, 0.15) is 59.8 Å². The van der Waals surface area contributed by atoms with E-state index in [1.807, 2.05) is 34.7 Å². The summed E-state index contributed by atoms with van der Waals surface area (Å²) in [6, 6.07) is 0. The van der Waals surface area contributed by atoms with Gasteiger partial charge < -0.3 is 14.8 Å². The lowest BCUT2D eigenvalue weighted by atomic mass is 9.75. The van der Waals surface area contributed by atoms with Crippen molar-refractivity contribution in [2.75, 3.05) is 33.4 Å². The molecule has 3 heteroatoms. The second-order valence-electron chi connectivity index (χ2n) is 4.98. The van der Waals surface area contributed by atoms with Crippen molar-refractivity contribution < 1.29 is 9.47 Å². The lowest BCUT2D eigenvalue weighted by molar-refractivity contribution is -0.106. The fraction of sp³-hybridized carbons (Fsp3) is 1.00. The number of nitrogens with one attached hydrogen (secondary N) is 1. The Balaban J connectivity index is 0.000000741. The van der Waals surface area contributed by atoms with Gasteiger partial charge in [0.1, 0.15) is 0 Å². The van der Waals surface area contributed by atoms with Crippen LogP contribution >= 0.6 is 0 Å². The van der Waals surface area contributed by atoms with E-state index in [4.69, 9.17) is 9.47 Å². The SMILES string of the molecule is CC.CC.CNCCC1CCC2(CCOCC2)CO1. The smallest absolute Gasteiger partial charge is 0.0587 e. The van der Waals surface area contributed by atoms with Gasteiger partial charge in [-0.2, -0.15) is 0 Å². The molecule has 0 aromatic heterocycles. The molecule has 1 unspecified atom stereocenters. The van der Waals surface area contributed by atoms with Crippen molar-refractivity contribution >= 4 is 0 Å². The van der Waals surface area contributed by atoms with Crippen LogP contribution in [0, 0.1) is 5.41 Å². The molecule has 1 N–H and O–H groups in total. The molecule has 0 aliphatic carbocycles. The van der Waals surface area contributed by atoms with Crippen LogP contribution in [-0.4, -0.2) is 39.5 Å². The van der Waals surface area contributed by atoms with Crippen LogP contribution in [0.15, 0.2) is 0 Å². The molecule has 2 rings (SSSR count). The number of ether oxygens (including phenoxy) is 2. The minimum atomic E-state index is 0.467. The fourth-order valence-electron chi connectivity index (χ4n) is 2.65. The topological polar surface area (TPSA) is 30.5 Å². The van der Waals surface area contributed by atoms with Crippen molar-refractivity contribution in [3.63, 3.8) is 0 Å². The summed E-state index contributed by atoms with van der Waals surface area (Å²) in [4.78, 5) is 0. The Bertz CT molecular complexity index is 181. The van der Waals surface area contributed by atoms with Gasteiger partial charge in [0, 0.05) is 13.2 Å². The molecule has 2 aliphatic heterocycles. The molecule has 2 heterocycles. The van der Waals surface area contributed by atoms with Crippen molar-refractivity contribution in [1.82, 2.24) is 5.32 Å². The number of hydrogen-bond acceptors (Lipinski definition) is 3. The summed E-state index contributed by atoms with van der Waals surface area (Å²) in [7, 11) is 2.00. The highest BCUT2D eigenvalue weighted by Crippen LogP contribution is 2.40. The first-order chi connectivity index (χ1) is 9.35. The maximum absolute atomic E-state index is 5.98. The van der Waals surface area contributed by atoms with Gasteiger partial charge in [-0.3, -0.25) is 0 Å². The van der Waals surface area contributed by atoms with Crippen molar-refractivity contribution in [2.24, 2.45) is 5.41 Å². The highest BCUT2D eigenvalue weighted by atomic mass is 16.5. The predicted molar refractivity (Wildman–Crippen MR) is 82.7 cm³/mol. The van der Waals surface area contributed by atoms with Crippen LogP contribution in [0.2, 0.25) is 0 Å². The third kappa shape index (κ3) is 6.73. The van der Waals surface area contributed by atoms with Gasteiger partial charge >= 0.3 is 0 Å². The van der Waals surface area contributed by atoms with E-state index in [-0.39, 0.29) is 0 Å². The molecule has 2 aliphatic rings. The quantitative estimate of drug-likeness (QED) is 0.852. The third-order valence-electron chi connectivity index (χ3n) is 3.89. The minimum Gasteiger partial charge on any atom is -0.381 e. The van der Waals surface area contributed by atoms with Gasteiger partial charge in [0.15, 0.2) is 0 Å². The number of rotatable bonds is 3. The Morgan fingerprint density at radius 3 is 2.16 bits per heavy atom. The highest BCUT2D eigenvalue weighted by Gasteiger charge is 2.37. The molecule has 2 saturated heterocycles. The number of hydrogen-bond donors (Lipinski definition) is 1. The summed E-state index contributed by atoms with van der Waals surface area (Å²) >= 11 is 0. The minimum absolute atomic E-state index is 0.467. The first-order valence-electron chi connectivity index (χ1n) is 8.19. The zero-order chi connectivity index (χ0) is 14.6. The lowest BCUT2D eigenvalue weighted by Crippen LogP contribution is -2.40. The summed E-state index contributed by atoms with van der Waals surface area (Å²) in [6.07, 6.45) is 6.62. The maximum Gasteiger partial charge on any atom is 0.0587 e. The lowest BCUT2D eigenvalue weighted by Gasteiger charge is -2.42. The molecule has 2 fully saturated rings. The van der Waals surface area contributed by atoms with Crippen molar-refractivity contribution in [3.8, 4) is 0 Å². The zero-order valence-electron chi connectivity index (χ0n) is 13.8. The summed E-state index contributed by atoms with van der Waals surface area (Å²) in [5.41, 5.74) is 0.467. The van der Waals surface area contributed by atoms with Crippen molar-refractivity contribution in [2.45, 2.75) is 65.9 Å². The largest absolute Gasteiger partial charge is 0.381 e. The fourth-order valence-corrected chi connectivity index (χ4v) is 2.65. The molecule has 116 valence electrons. The molecule has 19 heavy (non-hydrogen) atoms. The molecule has 0 amide bonds. The van der Waals surface area contributed by atoms with Crippen LogP contribution in [-0.2, 0) is 9.47 Å². The van der Waals surface area contributed by atoms with E-state index in [0.717, 1.165) is 32.8 Å². The summed E-state index contributed by atoms with van der Waals surface area (Å²) in [5.74, 6) is 0. The second-order valence-corrected chi connectivity index (χ2v) is 4.98. The van der Waals surface area contributed by atoms with E-state index in [1.165, 1.54) is 25.7 Å². The van der Waals surface area contributed by atoms with Gasteiger partial charge in [-0.05, 0) is 51.1 Å². The molecule has 0 aromatic carbocycles. The predicted octanol–water partition coefficient (Wildman–Crippen LogP) is 3.62. The molecular weight excluding hydrogens is 238 g/mol. The molecule has 0 saturated carbocycles. The van der Waals surface area contributed by atoms with Gasteiger partial charge in [-0.1, -0.05) is 27.7 Å². The van der Waals surface area contributed by atoms with Crippen LogP contribution in [0.3, 0.4) is 0 Å². The van der Waals surface area contributed by atoms with E-state index in [2.05, 4.69) is 5.32 Å². The molecular formula is C16H35NO2. The molecule has 0 bridgehead atoms. The molecule has 0 radical (unpaired) electrons. The Morgan fingerprint density at radius 2 is 1.68 bits per heavy atom. The Labute approximate surface area is 120 Å². The standard InChI is InChI=1S/C12H23NO2.2C2H6/c1-13-7-3-11-2-4-12(10-15-11)5-8-14-9-6-12;2*1-2/h11,13H,2-10H2,1H3;2*1-2H3. The van der Waals surface area contributed by atoms with E-state index in [1.54, 1.807) is 0 Å². The summed E-state index contributed by atoms with van der Waals surface area (Å²) in [5, 5.41) is 3.19. The van der Waals surface area contributed by atoms with Gasteiger partial charge in [0.25, 0.3) is 0 Å². The van der Waals surface area contributed by atoms with Gasteiger partial charge in [0.05, 0.1) is 12.7 Å². The first kappa shape index (κ1) is 18.9. The average Bonchev–Trinajstić information content (AvgIpc) is 2.52. The first-order valence-corrected chi connectivity index (χ1v) is 8.19. The highest BCUT2D eigenvalue weighted by molar-refractivity contribution is 4.86. The Kier molecular flexibility index (Phi) is 11.6. The zero-order valence-corrected chi connectivity index (χ0v) is 13.8. The molecule has 3 nitrogen and oxygen atoms in total. The van der Waals surface area contributed by atoms with Crippen molar-refractivity contribution in [1.29, 1.82) is 0 Å². The van der Waals surface area contributed by atoms with Gasteiger partial charge in [-0.25, -0.2) is 0 Å². The van der Waals surface area contributed by atoms with E-state index >= 15 is 0 Å². The average molecular weight is 273 g/mol. The normalized spacial score (nSPS) is 24.8. The van der Waals surface area contributed by atoms with Crippen LogP contribution in [0.25, 0.3) is 0 Å². The van der Waals surface area contributed by atoms with E-state index in [9.17, 15) is 0 Å². The summed E-state index contributed by atoms with van der Waals surface area (Å²) in [6.45, 7) is 11.9. The van der Waals surface area contributed by atoms with Crippen LogP contribution < -0.4 is 5.32 Å². The third-order valence-corrected chi connectivity index (χ3v) is 3.89. The summed E-state index contributed by atoms with van der Waals surface area (Å²) < 4.78 is 11.4. The van der Waals surface area contributed by atoms with Crippen LogP contribution in [0.5, 0.6) is 0 Å². The maximum atomic E-state index is 5.98. The molecule has 1 spiro atoms. The van der Waals surface area contributed by atoms with Crippen molar-refractivity contribution in [3.05, 3.63) is 0 Å². The monoisotopic (exact) mass is 273 g/mol. The van der Waals surface area contributed by atoms with Gasteiger partial charge in [-0.15, -0.1) is 0 Å². The Morgan fingerprint density at radius 1 is 1.05 bits per heavy atom. The second kappa shape index (κ2) is 11.7. The molecule has 1 atom stereocenters. The van der Waals surface area contributed by atoms with Gasteiger partial charge in [0.2, 0.25) is 0 Å². The van der Waals surface area contributed by atoms with E-state index < -0.39 is 0 Å².